The van der Waals surface area contributed by atoms with Gasteiger partial charge in [0, 0.05) is 22.6 Å². The number of rotatable bonds is 3. The molecule has 1 atom stereocenters. The zero-order valence-electron chi connectivity index (χ0n) is 9.50. The van der Waals surface area contributed by atoms with Gasteiger partial charge in [0.2, 0.25) is 0 Å². The summed E-state index contributed by atoms with van der Waals surface area (Å²) in [7, 11) is 0. The van der Waals surface area contributed by atoms with E-state index in [1.54, 1.807) is 12.1 Å². The van der Waals surface area contributed by atoms with Crippen molar-refractivity contribution in [1.82, 2.24) is 5.32 Å². The SMILES string of the molecule is CC1(Nc2cc(Br)ccc2[N+](=O)[O-])CCNC1. The van der Waals surface area contributed by atoms with Crippen molar-refractivity contribution < 1.29 is 4.92 Å². The highest BCUT2D eigenvalue weighted by Crippen LogP contribution is 2.31. The Balaban J connectivity index is 2.30. The van der Waals surface area contributed by atoms with Gasteiger partial charge in [-0.25, -0.2) is 0 Å². The summed E-state index contributed by atoms with van der Waals surface area (Å²) in [6.45, 7) is 3.82. The Morgan fingerprint density at radius 2 is 2.35 bits per heavy atom. The summed E-state index contributed by atoms with van der Waals surface area (Å²) in [4.78, 5) is 10.6. The van der Waals surface area contributed by atoms with Crippen molar-refractivity contribution in [2.24, 2.45) is 0 Å². The zero-order valence-corrected chi connectivity index (χ0v) is 11.1. The minimum absolute atomic E-state index is 0.112. The number of hydrogen-bond acceptors (Lipinski definition) is 4. The summed E-state index contributed by atoms with van der Waals surface area (Å²) in [5.41, 5.74) is 0.558. The van der Waals surface area contributed by atoms with Crippen molar-refractivity contribution >= 4 is 27.3 Å². The molecule has 1 fully saturated rings. The highest BCUT2D eigenvalue weighted by molar-refractivity contribution is 9.10. The van der Waals surface area contributed by atoms with Gasteiger partial charge in [-0.2, -0.15) is 0 Å². The third kappa shape index (κ3) is 2.76. The molecule has 1 aliphatic heterocycles. The molecule has 1 unspecified atom stereocenters. The fourth-order valence-corrected chi connectivity index (χ4v) is 2.38. The van der Waals surface area contributed by atoms with Crippen LogP contribution in [0.4, 0.5) is 11.4 Å². The molecule has 0 aromatic heterocycles. The average Bonchev–Trinajstić information content (AvgIpc) is 2.64. The second-order valence-corrected chi connectivity index (χ2v) is 5.45. The van der Waals surface area contributed by atoms with E-state index >= 15 is 0 Å². The van der Waals surface area contributed by atoms with Crippen molar-refractivity contribution in [2.75, 3.05) is 18.4 Å². The first kappa shape index (κ1) is 12.3. The molecule has 17 heavy (non-hydrogen) atoms. The molecule has 1 aliphatic rings. The lowest BCUT2D eigenvalue weighted by Crippen LogP contribution is -2.37. The number of hydrogen-bond donors (Lipinski definition) is 2. The highest BCUT2D eigenvalue weighted by atomic mass is 79.9. The summed E-state index contributed by atoms with van der Waals surface area (Å²) in [6, 6.07) is 4.94. The van der Waals surface area contributed by atoms with Crippen LogP contribution in [0.15, 0.2) is 22.7 Å². The van der Waals surface area contributed by atoms with Gasteiger partial charge in [0.25, 0.3) is 5.69 Å². The molecule has 1 aromatic rings. The third-order valence-electron chi connectivity index (χ3n) is 2.96. The Hall–Kier alpha value is -1.14. The molecule has 0 radical (unpaired) electrons. The molecule has 0 aliphatic carbocycles. The first-order chi connectivity index (χ1) is 8.00. The first-order valence-corrected chi connectivity index (χ1v) is 6.22. The third-order valence-corrected chi connectivity index (χ3v) is 3.45. The van der Waals surface area contributed by atoms with Gasteiger partial charge in [-0.05, 0) is 32.0 Å². The number of anilines is 1. The van der Waals surface area contributed by atoms with Gasteiger partial charge in [-0.3, -0.25) is 10.1 Å². The molecular weight excluding hydrogens is 286 g/mol. The van der Waals surface area contributed by atoms with Gasteiger partial charge >= 0.3 is 0 Å². The molecular formula is C11H14BrN3O2. The topological polar surface area (TPSA) is 67.2 Å². The van der Waals surface area contributed by atoms with E-state index < -0.39 is 0 Å². The summed E-state index contributed by atoms with van der Waals surface area (Å²) >= 11 is 3.33. The molecule has 1 aromatic carbocycles. The summed E-state index contributed by atoms with van der Waals surface area (Å²) in [5.74, 6) is 0. The van der Waals surface area contributed by atoms with Crippen molar-refractivity contribution in [3.05, 3.63) is 32.8 Å². The quantitative estimate of drug-likeness (QED) is 0.665. The fraction of sp³-hybridized carbons (Fsp3) is 0.455. The minimum atomic E-state index is -0.361. The molecule has 1 saturated heterocycles. The van der Waals surface area contributed by atoms with E-state index in [1.807, 2.05) is 0 Å². The van der Waals surface area contributed by atoms with Crippen LogP contribution in [0.3, 0.4) is 0 Å². The van der Waals surface area contributed by atoms with Crippen LogP contribution in [0, 0.1) is 10.1 Å². The average molecular weight is 300 g/mol. The maximum atomic E-state index is 10.9. The molecule has 0 saturated carbocycles. The molecule has 2 rings (SSSR count). The predicted molar refractivity (Wildman–Crippen MR) is 70.3 cm³/mol. The summed E-state index contributed by atoms with van der Waals surface area (Å²) in [6.07, 6.45) is 0.955. The number of halogens is 1. The van der Waals surface area contributed by atoms with E-state index in [2.05, 4.69) is 33.5 Å². The van der Waals surface area contributed by atoms with E-state index in [0.717, 1.165) is 24.0 Å². The van der Waals surface area contributed by atoms with E-state index in [9.17, 15) is 10.1 Å². The first-order valence-electron chi connectivity index (χ1n) is 5.43. The summed E-state index contributed by atoms with van der Waals surface area (Å²) in [5, 5.41) is 17.5. The standard InChI is InChI=1S/C11H14BrN3O2/c1-11(4-5-13-7-11)14-9-6-8(12)2-3-10(9)15(16)17/h2-3,6,13-14H,4-5,7H2,1H3. The van der Waals surface area contributed by atoms with Gasteiger partial charge in [-0.15, -0.1) is 0 Å². The largest absolute Gasteiger partial charge is 0.373 e. The van der Waals surface area contributed by atoms with Crippen LogP contribution in [0.1, 0.15) is 13.3 Å². The number of nitrogens with one attached hydrogen (secondary N) is 2. The Kier molecular flexibility index (Phi) is 3.35. The lowest BCUT2D eigenvalue weighted by atomic mass is 10.0. The minimum Gasteiger partial charge on any atom is -0.373 e. The normalized spacial score (nSPS) is 23.6. The summed E-state index contributed by atoms with van der Waals surface area (Å²) < 4.78 is 0.833. The maximum Gasteiger partial charge on any atom is 0.292 e. The second kappa shape index (κ2) is 4.62. The molecule has 1 heterocycles. The highest BCUT2D eigenvalue weighted by Gasteiger charge is 2.30. The Labute approximate surface area is 108 Å². The number of nitro groups is 1. The van der Waals surface area contributed by atoms with Gasteiger partial charge in [-0.1, -0.05) is 15.9 Å². The van der Waals surface area contributed by atoms with Crippen LogP contribution in [-0.2, 0) is 0 Å². The molecule has 0 spiro atoms. The van der Waals surface area contributed by atoms with E-state index in [-0.39, 0.29) is 16.1 Å². The lowest BCUT2D eigenvalue weighted by molar-refractivity contribution is -0.384. The van der Waals surface area contributed by atoms with E-state index in [0.29, 0.717) is 5.69 Å². The number of nitrogens with zero attached hydrogens (tertiary/aromatic N) is 1. The van der Waals surface area contributed by atoms with Crippen LogP contribution >= 0.6 is 15.9 Å². The molecule has 0 amide bonds. The van der Waals surface area contributed by atoms with Crippen LogP contribution in [0.5, 0.6) is 0 Å². The van der Waals surface area contributed by atoms with Gasteiger partial charge < -0.3 is 10.6 Å². The molecule has 6 heteroatoms. The van der Waals surface area contributed by atoms with Crippen LogP contribution in [0.25, 0.3) is 0 Å². The molecule has 92 valence electrons. The number of nitro benzene ring substituents is 1. The maximum absolute atomic E-state index is 10.9. The van der Waals surface area contributed by atoms with Crippen LogP contribution < -0.4 is 10.6 Å². The predicted octanol–water partition coefficient (Wildman–Crippen LogP) is 2.52. The Morgan fingerprint density at radius 3 is 2.94 bits per heavy atom. The van der Waals surface area contributed by atoms with Crippen molar-refractivity contribution in [3.63, 3.8) is 0 Å². The smallest absolute Gasteiger partial charge is 0.292 e. The van der Waals surface area contributed by atoms with E-state index in [4.69, 9.17) is 0 Å². The Morgan fingerprint density at radius 1 is 1.59 bits per heavy atom. The number of benzene rings is 1. The van der Waals surface area contributed by atoms with Crippen molar-refractivity contribution in [1.29, 1.82) is 0 Å². The van der Waals surface area contributed by atoms with Crippen molar-refractivity contribution in [3.8, 4) is 0 Å². The molecule has 2 N–H and O–H groups in total. The van der Waals surface area contributed by atoms with Gasteiger partial charge in [0.05, 0.1) is 4.92 Å². The van der Waals surface area contributed by atoms with Crippen LogP contribution in [-0.4, -0.2) is 23.6 Å². The van der Waals surface area contributed by atoms with E-state index in [1.165, 1.54) is 6.07 Å². The Bertz CT molecular complexity index is 444. The van der Waals surface area contributed by atoms with Crippen LogP contribution in [0.2, 0.25) is 0 Å². The van der Waals surface area contributed by atoms with Crippen molar-refractivity contribution in [2.45, 2.75) is 18.9 Å². The lowest BCUT2D eigenvalue weighted by Gasteiger charge is -2.25. The molecule has 0 bridgehead atoms. The van der Waals surface area contributed by atoms with Gasteiger partial charge in [0.15, 0.2) is 0 Å². The fourth-order valence-electron chi connectivity index (χ4n) is 2.02. The zero-order chi connectivity index (χ0) is 12.5. The molecule has 5 nitrogen and oxygen atoms in total. The van der Waals surface area contributed by atoms with Gasteiger partial charge in [0.1, 0.15) is 5.69 Å². The monoisotopic (exact) mass is 299 g/mol. The second-order valence-electron chi connectivity index (χ2n) is 4.53.